The third-order valence-electron chi connectivity index (χ3n) is 3.03. The van der Waals surface area contributed by atoms with E-state index in [2.05, 4.69) is 10.2 Å². The standard InChI is InChI=1S/C10H19N3O/c14-10(9-12-5-1-2-6-12)13-7-3-11-4-8-13/h11H,1-9H2. The highest BCUT2D eigenvalue weighted by atomic mass is 16.2. The van der Waals surface area contributed by atoms with Gasteiger partial charge in [-0.25, -0.2) is 0 Å². The molecule has 0 aliphatic carbocycles. The Morgan fingerprint density at radius 3 is 2.36 bits per heavy atom. The van der Waals surface area contributed by atoms with Gasteiger partial charge in [-0.15, -0.1) is 0 Å². The Kier molecular flexibility index (Phi) is 3.37. The molecule has 0 aromatic carbocycles. The molecule has 2 saturated heterocycles. The van der Waals surface area contributed by atoms with Crippen LogP contribution in [0.4, 0.5) is 0 Å². The fourth-order valence-corrected chi connectivity index (χ4v) is 2.15. The second kappa shape index (κ2) is 4.75. The molecule has 14 heavy (non-hydrogen) atoms. The van der Waals surface area contributed by atoms with Crippen molar-refractivity contribution < 1.29 is 4.79 Å². The van der Waals surface area contributed by atoms with E-state index in [1.165, 1.54) is 12.8 Å². The number of hydrogen-bond donors (Lipinski definition) is 1. The second-order valence-electron chi connectivity index (χ2n) is 4.11. The third kappa shape index (κ3) is 2.45. The van der Waals surface area contributed by atoms with Crippen LogP contribution < -0.4 is 5.32 Å². The number of nitrogens with zero attached hydrogens (tertiary/aromatic N) is 2. The number of hydrogen-bond acceptors (Lipinski definition) is 3. The molecule has 2 rings (SSSR count). The van der Waals surface area contributed by atoms with Gasteiger partial charge in [0.1, 0.15) is 0 Å². The summed E-state index contributed by atoms with van der Waals surface area (Å²) in [7, 11) is 0. The van der Waals surface area contributed by atoms with Crippen LogP contribution in [0.25, 0.3) is 0 Å². The van der Waals surface area contributed by atoms with E-state index in [0.717, 1.165) is 39.3 Å². The van der Waals surface area contributed by atoms with Crippen molar-refractivity contribution in [2.24, 2.45) is 0 Å². The van der Waals surface area contributed by atoms with Gasteiger partial charge >= 0.3 is 0 Å². The van der Waals surface area contributed by atoms with Crippen LogP contribution in [0.15, 0.2) is 0 Å². The molecule has 2 aliphatic rings. The van der Waals surface area contributed by atoms with E-state index in [1.807, 2.05) is 4.90 Å². The van der Waals surface area contributed by atoms with Crippen molar-refractivity contribution in [3.05, 3.63) is 0 Å². The van der Waals surface area contributed by atoms with Crippen LogP contribution >= 0.6 is 0 Å². The normalized spacial score (nSPS) is 24.1. The number of carbonyl (C=O) groups excluding carboxylic acids is 1. The Labute approximate surface area is 85.2 Å². The smallest absolute Gasteiger partial charge is 0.236 e. The highest BCUT2D eigenvalue weighted by molar-refractivity contribution is 5.78. The average molecular weight is 197 g/mol. The molecule has 1 N–H and O–H groups in total. The van der Waals surface area contributed by atoms with E-state index in [-0.39, 0.29) is 0 Å². The largest absolute Gasteiger partial charge is 0.339 e. The first-order chi connectivity index (χ1) is 6.86. The van der Waals surface area contributed by atoms with Crippen LogP contribution in [-0.4, -0.2) is 61.5 Å². The van der Waals surface area contributed by atoms with Crippen molar-refractivity contribution in [3.8, 4) is 0 Å². The molecule has 0 aromatic heterocycles. The maximum absolute atomic E-state index is 11.8. The predicted molar refractivity (Wildman–Crippen MR) is 55.1 cm³/mol. The first-order valence-corrected chi connectivity index (χ1v) is 5.57. The zero-order valence-electron chi connectivity index (χ0n) is 8.67. The van der Waals surface area contributed by atoms with Crippen molar-refractivity contribution in [1.82, 2.24) is 15.1 Å². The molecule has 0 atom stereocenters. The molecule has 0 unspecified atom stereocenters. The molecule has 0 aromatic rings. The van der Waals surface area contributed by atoms with Gasteiger partial charge in [-0.3, -0.25) is 9.69 Å². The second-order valence-corrected chi connectivity index (χ2v) is 4.11. The van der Waals surface area contributed by atoms with Crippen LogP contribution in [0.1, 0.15) is 12.8 Å². The summed E-state index contributed by atoms with van der Waals surface area (Å²) in [5.41, 5.74) is 0. The van der Waals surface area contributed by atoms with Gasteiger partial charge in [0.15, 0.2) is 0 Å². The van der Waals surface area contributed by atoms with Crippen LogP contribution in [0.3, 0.4) is 0 Å². The lowest BCUT2D eigenvalue weighted by Crippen LogP contribution is -2.49. The Balaban J connectivity index is 1.75. The van der Waals surface area contributed by atoms with E-state index < -0.39 is 0 Å². The third-order valence-corrected chi connectivity index (χ3v) is 3.03. The lowest BCUT2D eigenvalue weighted by Gasteiger charge is -2.29. The number of piperazine rings is 1. The van der Waals surface area contributed by atoms with Gasteiger partial charge in [0, 0.05) is 26.2 Å². The van der Waals surface area contributed by atoms with E-state index in [4.69, 9.17) is 0 Å². The molecular weight excluding hydrogens is 178 g/mol. The fraction of sp³-hybridized carbons (Fsp3) is 0.900. The van der Waals surface area contributed by atoms with Crippen molar-refractivity contribution >= 4 is 5.91 Å². The van der Waals surface area contributed by atoms with Crippen LogP contribution in [0.2, 0.25) is 0 Å². The summed E-state index contributed by atoms with van der Waals surface area (Å²) in [6, 6.07) is 0. The van der Waals surface area contributed by atoms with Crippen LogP contribution in [0, 0.1) is 0 Å². The summed E-state index contributed by atoms with van der Waals surface area (Å²) in [6.45, 7) is 6.52. The Hall–Kier alpha value is -0.610. The Morgan fingerprint density at radius 1 is 1.07 bits per heavy atom. The fourth-order valence-electron chi connectivity index (χ4n) is 2.15. The van der Waals surface area contributed by atoms with E-state index in [0.29, 0.717) is 12.5 Å². The minimum Gasteiger partial charge on any atom is -0.339 e. The van der Waals surface area contributed by atoms with Crippen LogP contribution in [-0.2, 0) is 4.79 Å². The molecule has 0 bridgehead atoms. The van der Waals surface area contributed by atoms with Crippen molar-refractivity contribution in [2.75, 3.05) is 45.8 Å². The summed E-state index contributed by atoms with van der Waals surface area (Å²) in [4.78, 5) is 16.1. The number of carbonyl (C=O) groups is 1. The van der Waals surface area contributed by atoms with Crippen molar-refractivity contribution in [2.45, 2.75) is 12.8 Å². The summed E-state index contributed by atoms with van der Waals surface area (Å²) in [5.74, 6) is 0.313. The maximum Gasteiger partial charge on any atom is 0.236 e. The molecule has 0 spiro atoms. The molecule has 4 heteroatoms. The molecule has 0 saturated carbocycles. The van der Waals surface area contributed by atoms with Gasteiger partial charge in [-0.2, -0.15) is 0 Å². The number of rotatable bonds is 2. The van der Waals surface area contributed by atoms with Gasteiger partial charge in [-0.05, 0) is 25.9 Å². The van der Waals surface area contributed by atoms with E-state index in [1.54, 1.807) is 0 Å². The highest BCUT2D eigenvalue weighted by Crippen LogP contribution is 2.07. The SMILES string of the molecule is O=C(CN1CCCC1)N1CCNCC1. The summed E-state index contributed by atoms with van der Waals surface area (Å²) in [6.07, 6.45) is 2.52. The predicted octanol–water partition coefficient (Wildman–Crippen LogP) is -0.486. The van der Waals surface area contributed by atoms with Crippen molar-refractivity contribution in [1.29, 1.82) is 0 Å². The topological polar surface area (TPSA) is 35.6 Å². The summed E-state index contributed by atoms with van der Waals surface area (Å²) >= 11 is 0. The number of likely N-dealkylation sites (tertiary alicyclic amines) is 1. The minimum absolute atomic E-state index is 0.313. The average Bonchev–Trinajstić information content (AvgIpc) is 2.72. The summed E-state index contributed by atoms with van der Waals surface area (Å²) < 4.78 is 0. The molecule has 2 heterocycles. The van der Waals surface area contributed by atoms with E-state index in [9.17, 15) is 4.79 Å². The first-order valence-electron chi connectivity index (χ1n) is 5.57. The minimum atomic E-state index is 0.313. The van der Waals surface area contributed by atoms with Crippen molar-refractivity contribution in [3.63, 3.8) is 0 Å². The Bertz CT molecular complexity index is 196. The molecule has 80 valence electrons. The molecular formula is C10H19N3O. The lowest BCUT2D eigenvalue weighted by atomic mass is 10.3. The molecule has 1 amide bonds. The molecule has 2 aliphatic heterocycles. The number of amides is 1. The molecule has 2 fully saturated rings. The maximum atomic E-state index is 11.8. The van der Waals surface area contributed by atoms with Gasteiger partial charge in [0.25, 0.3) is 0 Å². The van der Waals surface area contributed by atoms with Gasteiger partial charge in [-0.1, -0.05) is 0 Å². The van der Waals surface area contributed by atoms with Crippen LogP contribution in [0.5, 0.6) is 0 Å². The molecule has 4 nitrogen and oxygen atoms in total. The zero-order valence-corrected chi connectivity index (χ0v) is 8.67. The summed E-state index contributed by atoms with van der Waals surface area (Å²) in [5, 5.41) is 3.26. The van der Waals surface area contributed by atoms with Gasteiger partial charge in [0.2, 0.25) is 5.91 Å². The highest BCUT2D eigenvalue weighted by Gasteiger charge is 2.20. The monoisotopic (exact) mass is 197 g/mol. The molecule has 0 radical (unpaired) electrons. The Morgan fingerprint density at radius 2 is 1.71 bits per heavy atom. The zero-order chi connectivity index (χ0) is 9.80. The first kappa shape index (κ1) is 9.93. The quantitative estimate of drug-likeness (QED) is 0.649. The lowest BCUT2D eigenvalue weighted by molar-refractivity contribution is -0.132. The van der Waals surface area contributed by atoms with E-state index >= 15 is 0 Å². The van der Waals surface area contributed by atoms with Gasteiger partial charge in [0.05, 0.1) is 6.54 Å². The number of nitrogens with one attached hydrogen (secondary N) is 1. The van der Waals surface area contributed by atoms with Gasteiger partial charge < -0.3 is 10.2 Å².